The molecule has 1 atom stereocenters. The number of pyridine rings is 1. The van der Waals surface area contributed by atoms with Crippen molar-refractivity contribution in [1.82, 2.24) is 20.5 Å². The number of nitrogens with one attached hydrogen (secondary N) is 2. The monoisotopic (exact) mass is 679 g/mol. The lowest BCUT2D eigenvalue weighted by atomic mass is 9.89. The first-order valence-electron chi connectivity index (χ1n) is 17.9. The second-order valence-corrected chi connectivity index (χ2v) is 13.5. The summed E-state index contributed by atoms with van der Waals surface area (Å²) in [6, 6.07) is 20.1. The van der Waals surface area contributed by atoms with E-state index in [-0.39, 0.29) is 13.2 Å². The van der Waals surface area contributed by atoms with E-state index in [9.17, 15) is 19.6 Å². The summed E-state index contributed by atoms with van der Waals surface area (Å²) in [6.45, 7) is 9.71. The number of nitriles is 1. The van der Waals surface area contributed by atoms with Gasteiger partial charge in [0.1, 0.15) is 23.9 Å². The maximum Gasteiger partial charge on any atom is 0.243 e. The van der Waals surface area contributed by atoms with Gasteiger partial charge >= 0.3 is 0 Å². The van der Waals surface area contributed by atoms with Crippen molar-refractivity contribution in [3.8, 4) is 11.8 Å². The molecule has 1 unspecified atom stereocenters. The van der Waals surface area contributed by atoms with E-state index in [1.807, 2.05) is 37.3 Å². The standard InChI is InChI=1S/C39H47N7O4.H2/c1-28-31(25-40)7-12-37(42-28)46-17-14-30(15-18-46)29-5-9-35(10-6-29)50-23-3-2-16-44-19-21-45(22-20-44)34-8-4-32(27-47)33(24-34)26-41-36-11-13-38(48)43-39(36)49;/h4-10,12,24,27,30,36,41H,2-3,11,13-23,26H2,1H3,(H,43,48,49);1H. The number of piperidine rings is 2. The number of carbonyl (C=O) groups is 3. The van der Waals surface area contributed by atoms with Gasteiger partial charge in [-0.2, -0.15) is 5.26 Å². The van der Waals surface area contributed by atoms with E-state index in [0.29, 0.717) is 43.0 Å². The molecule has 264 valence electrons. The van der Waals surface area contributed by atoms with Gasteiger partial charge in [-0.15, -0.1) is 0 Å². The molecular weight excluding hydrogens is 630 g/mol. The number of aryl methyl sites for hydroxylation is 1. The fourth-order valence-electron chi connectivity index (χ4n) is 7.16. The van der Waals surface area contributed by atoms with E-state index in [1.165, 1.54) is 5.56 Å². The van der Waals surface area contributed by atoms with Crippen LogP contribution in [0.25, 0.3) is 0 Å². The van der Waals surface area contributed by atoms with Crippen LogP contribution in [0, 0.1) is 18.3 Å². The summed E-state index contributed by atoms with van der Waals surface area (Å²) in [4.78, 5) is 47.1. The van der Waals surface area contributed by atoms with E-state index < -0.39 is 6.04 Å². The number of piperazine rings is 1. The fourth-order valence-corrected chi connectivity index (χ4v) is 7.16. The molecule has 2 aromatic carbocycles. The zero-order valence-electron chi connectivity index (χ0n) is 28.9. The lowest BCUT2D eigenvalue weighted by Gasteiger charge is -2.36. The summed E-state index contributed by atoms with van der Waals surface area (Å²) in [5.74, 6) is 1.86. The van der Waals surface area contributed by atoms with Crippen LogP contribution in [0.15, 0.2) is 54.6 Å². The molecule has 0 spiro atoms. The molecule has 1 aromatic heterocycles. The average Bonchev–Trinajstić information content (AvgIpc) is 3.15. The highest BCUT2D eigenvalue weighted by atomic mass is 16.5. The van der Waals surface area contributed by atoms with Gasteiger partial charge in [0.15, 0.2) is 0 Å². The van der Waals surface area contributed by atoms with Gasteiger partial charge in [0, 0.05) is 64.9 Å². The number of aromatic nitrogens is 1. The lowest BCUT2D eigenvalue weighted by Crippen LogP contribution is -2.50. The third-order valence-corrected chi connectivity index (χ3v) is 10.3. The highest BCUT2D eigenvalue weighted by Crippen LogP contribution is 2.31. The normalized spacial score (nSPS) is 18.8. The maximum absolute atomic E-state index is 12.1. The Hall–Kier alpha value is -4.79. The lowest BCUT2D eigenvalue weighted by molar-refractivity contribution is -0.134. The van der Waals surface area contributed by atoms with Crippen LogP contribution in [0.1, 0.15) is 78.6 Å². The van der Waals surface area contributed by atoms with E-state index in [4.69, 9.17) is 4.74 Å². The molecular formula is C39H49N7O4. The molecule has 3 fully saturated rings. The van der Waals surface area contributed by atoms with Gasteiger partial charge in [0.25, 0.3) is 0 Å². The Balaban J connectivity index is 0.00000504. The van der Waals surface area contributed by atoms with Gasteiger partial charge in [-0.25, -0.2) is 4.98 Å². The molecule has 0 saturated carbocycles. The first kappa shape index (κ1) is 35.1. The minimum atomic E-state index is -0.435. The molecule has 6 rings (SSSR count). The summed E-state index contributed by atoms with van der Waals surface area (Å²) in [5, 5.41) is 14.8. The summed E-state index contributed by atoms with van der Waals surface area (Å²) < 4.78 is 6.08. The van der Waals surface area contributed by atoms with Crippen LogP contribution in [0.5, 0.6) is 5.75 Å². The molecule has 3 aromatic rings. The summed E-state index contributed by atoms with van der Waals surface area (Å²) in [5.41, 5.74) is 5.33. The van der Waals surface area contributed by atoms with Crippen LogP contribution in [0.4, 0.5) is 11.5 Å². The van der Waals surface area contributed by atoms with Crippen molar-refractivity contribution < 1.29 is 20.5 Å². The Labute approximate surface area is 296 Å². The van der Waals surface area contributed by atoms with Crippen LogP contribution in [0.3, 0.4) is 0 Å². The Bertz CT molecular complexity index is 1700. The quantitative estimate of drug-likeness (QED) is 0.150. The molecule has 0 aliphatic carbocycles. The van der Waals surface area contributed by atoms with Crippen molar-refractivity contribution in [2.45, 2.75) is 64.0 Å². The molecule has 11 nitrogen and oxygen atoms in total. The highest BCUT2D eigenvalue weighted by molar-refractivity contribution is 6.00. The Kier molecular flexibility index (Phi) is 11.7. The predicted molar refractivity (Wildman–Crippen MR) is 195 cm³/mol. The van der Waals surface area contributed by atoms with Gasteiger partial charge < -0.3 is 19.9 Å². The minimum absolute atomic E-state index is 0. The molecule has 4 heterocycles. The van der Waals surface area contributed by atoms with Crippen LogP contribution in [-0.2, 0) is 16.1 Å². The zero-order valence-corrected chi connectivity index (χ0v) is 28.9. The first-order valence-corrected chi connectivity index (χ1v) is 17.9. The van der Waals surface area contributed by atoms with E-state index in [2.05, 4.69) is 60.7 Å². The summed E-state index contributed by atoms with van der Waals surface area (Å²) in [7, 11) is 0. The number of aldehydes is 1. The molecule has 0 bridgehead atoms. The molecule has 3 aliphatic heterocycles. The van der Waals surface area contributed by atoms with Crippen molar-refractivity contribution in [2.24, 2.45) is 0 Å². The van der Waals surface area contributed by atoms with E-state index in [0.717, 1.165) is 106 Å². The maximum atomic E-state index is 12.1. The molecule has 50 heavy (non-hydrogen) atoms. The van der Waals surface area contributed by atoms with E-state index >= 15 is 0 Å². The van der Waals surface area contributed by atoms with Crippen LogP contribution >= 0.6 is 0 Å². The zero-order chi connectivity index (χ0) is 34.9. The van der Waals surface area contributed by atoms with E-state index in [1.54, 1.807) is 0 Å². The first-order chi connectivity index (χ1) is 24.4. The minimum Gasteiger partial charge on any atom is -0.494 e. The molecule has 2 N–H and O–H groups in total. The Morgan fingerprint density at radius 1 is 0.980 bits per heavy atom. The summed E-state index contributed by atoms with van der Waals surface area (Å²) in [6.07, 6.45) is 5.86. The SMILES string of the molecule is Cc1nc(N2CCC(c3ccc(OCCCCN4CCN(c5ccc(C=O)c(CNC6CCC(=O)NC6=O)c5)CC4)cc3)CC2)ccc1C#N.[HH]. The third-order valence-electron chi connectivity index (χ3n) is 10.3. The Morgan fingerprint density at radius 2 is 1.76 bits per heavy atom. The van der Waals surface area contributed by atoms with Crippen LogP contribution in [-0.4, -0.2) is 86.4 Å². The second kappa shape index (κ2) is 16.7. The summed E-state index contributed by atoms with van der Waals surface area (Å²) >= 11 is 0. The topological polar surface area (TPSA) is 131 Å². The number of ether oxygens (including phenoxy) is 1. The number of anilines is 2. The van der Waals surface area contributed by atoms with Gasteiger partial charge in [-0.3, -0.25) is 24.6 Å². The second-order valence-electron chi connectivity index (χ2n) is 13.5. The average molecular weight is 680 g/mol. The number of amides is 2. The predicted octanol–water partition coefficient (Wildman–Crippen LogP) is 4.58. The van der Waals surface area contributed by atoms with Crippen molar-refractivity contribution in [3.05, 3.63) is 82.5 Å². The van der Waals surface area contributed by atoms with Crippen molar-refractivity contribution >= 4 is 29.6 Å². The number of unbranched alkanes of at least 4 members (excludes halogenated alkanes) is 1. The molecule has 2 amide bonds. The Morgan fingerprint density at radius 3 is 2.46 bits per heavy atom. The van der Waals surface area contributed by atoms with Crippen molar-refractivity contribution in [1.29, 1.82) is 5.26 Å². The van der Waals surface area contributed by atoms with Crippen LogP contribution < -0.4 is 25.2 Å². The highest BCUT2D eigenvalue weighted by Gasteiger charge is 2.26. The number of benzene rings is 2. The number of hydrogen-bond donors (Lipinski definition) is 2. The van der Waals surface area contributed by atoms with Crippen molar-refractivity contribution in [3.63, 3.8) is 0 Å². The number of nitrogens with zero attached hydrogens (tertiary/aromatic N) is 5. The molecule has 11 heteroatoms. The largest absolute Gasteiger partial charge is 0.494 e. The third kappa shape index (κ3) is 8.86. The van der Waals surface area contributed by atoms with Gasteiger partial charge in [0.05, 0.1) is 23.9 Å². The molecule has 0 radical (unpaired) electrons. The van der Waals surface area contributed by atoms with Crippen LogP contribution in [0.2, 0.25) is 0 Å². The fraction of sp³-hybridized carbons (Fsp3) is 0.462. The van der Waals surface area contributed by atoms with Gasteiger partial charge in [0.2, 0.25) is 11.8 Å². The number of imide groups is 1. The van der Waals surface area contributed by atoms with Gasteiger partial charge in [-0.1, -0.05) is 12.1 Å². The number of hydrogen-bond acceptors (Lipinski definition) is 10. The number of carbonyl (C=O) groups excluding carboxylic acids is 3. The van der Waals surface area contributed by atoms with Gasteiger partial charge in [-0.05, 0) is 105 Å². The smallest absolute Gasteiger partial charge is 0.243 e. The molecule has 3 saturated heterocycles. The number of rotatable bonds is 13. The molecule has 3 aliphatic rings. The van der Waals surface area contributed by atoms with Crippen molar-refractivity contribution in [2.75, 3.05) is 62.2 Å².